The molecule has 2 heterocycles. The Morgan fingerprint density at radius 2 is 0.762 bits per heavy atom. The summed E-state index contributed by atoms with van der Waals surface area (Å²) in [4.78, 5) is 16.2. The molecule has 2 aromatic heterocycles. The minimum Gasteiger partial charge on any atom is -0.399 e. The Balaban J connectivity index is 0.000000280. The van der Waals surface area contributed by atoms with Crippen molar-refractivity contribution in [3.63, 3.8) is 0 Å². The van der Waals surface area contributed by atoms with Crippen LogP contribution in [0.5, 0.6) is 0 Å². The summed E-state index contributed by atoms with van der Waals surface area (Å²) in [6.07, 6.45) is 6.34. The van der Waals surface area contributed by atoms with Gasteiger partial charge in [0, 0.05) is 41.8 Å². The van der Waals surface area contributed by atoms with Gasteiger partial charge in [0.2, 0.25) is 0 Å². The summed E-state index contributed by atoms with van der Waals surface area (Å²) in [6, 6.07) is 18.7. The minimum absolute atomic E-state index is 0. The molecule has 42 heavy (non-hydrogen) atoms. The molecule has 0 amide bonds. The highest BCUT2D eigenvalue weighted by Gasteiger charge is 2.07. The fourth-order valence-corrected chi connectivity index (χ4v) is 4.41. The predicted octanol–water partition coefficient (Wildman–Crippen LogP) is 9.50. The van der Waals surface area contributed by atoms with E-state index in [1.807, 2.05) is 26.0 Å². The van der Waals surface area contributed by atoms with Crippen LogP contribution in [0, 0.1) is 41.5 Å². The Hall–Kier alpha value is -4.20. The molecule has 0 aliphatic heterocycles. The van der Waals surface area contributed by atoms with Gasteiger partial charge in [-0.3, -0.25) is 0 Å². The van der Waals surface area contributed by atoms with E-state index in [9.17, 15) is 0 Å². The predicted molar refractivity (Wildman–Crippen MR) is 180 cm³/mol. The second kappa shape index (κ2) is 16.3. The summed E-state index contributed by atoms with van der Waals surface area (Å²) in [7, 11) is 0. The number of nitrogens with zero attached hydrogens (tertiary/aromatic N) is 4. The molecule has 0 fully saturated rings. The van der Waals surface area contributed by atoms with Gasteiger partial charge in [0.25, 0.3) is 0 Å². The third-order valence-corrected chi connectivity index (χ3v) is 6.17. The number of aromatic nitrogens is 4. The monoisotopic (exact) mass is 603 g/mol. The molecule has 4 N–H and O–H groups in total. The van der Waals surface area contributed by atoms with Crippen LogP contribution in [-0.2, 0) is 0 Å². The third kappa shape index (κ3) is 11.4. The first kappa shape index (κ1) is 34.0. The van der Waals surface area contributed by atoms with Crippen LogP contribution in [-0.4, -0.2) is 19.9 Å². The summed E-state index contributed by atoms with van der Waals surface area (Å²) in [6.45, 7) is 12.4. The number of rotatable bonds is 4. The molecule has 5 rings (SSSR count). The van der Waals surface area contributed by atoms with Crippen LogP contribution < -0.4 is 16.4 Å². The number of hydrogen-bond donors (Lipinski definition) is 3. The number of nitrogens with one attached hydrogen (secondary N) is 2. The highest BCUT2D eigenvalue weighted by molar-refractivity contribution is 6.40. The molecule has 7 nitrogen and oxygen atoms in total. The molecule has 9 heteroatoms. The van der Waals surface area contributed by atoms with E-state index in [4.69, 9.17) is 28.9 Å². The van der Waals surface area contributed by atoms with E-state index >= 15 is 0 Å². The molecule has 0 radical (unpaired) electrons. The van der Waals surface area contributed by atoms with E-state index in [1.165, 1.54) is 45.8 Å². The topological polar surface area (TPSA) is 102 Å². The van der Waals surface area contributed by atoms with E-state index in [1.54, 1.807) is 12.4 Å². The Bertz CT molecular complexity index is 1420. The lowest BCUT2D eigenvalue weighted by Crippen LogP contribution is -2.02. The summed E-state index contributed by atoms with van der Waals surface area (Å²) in [5.41, 5.74) is 15.7. The molecule has 0 aliphatic rings. The van der Waals surface area contributed by atoms with Gasteiger partial charge < -0.3 is 16.4 Å². The smallest absolute Gasteiger partial charge is 0.173 e. The van der Waals surface area contributed by atoms with E-state index in [-0.39, 0.29) is 17.7 Å². The van der Waals surface area contributed by atoms with Gasteiger partial charge in [-0.1, -0.05) is 48.8 Å². The minimum atomic E-state index is 0. The van der Waals surface area contributed by atoms with Crippen molar-refractivity contribution in [3.8, 4) is 0 Å². The zero-order valence-corrected chi connectivity index (χ0v) is 25.6. The summed E-state index contributed by atoms with van der Waals surface area (Å²) < 4.78 is 0. The Labute approximate surface area is 259 Å². The lowest BCUT2D eigenvalue weighted by molar-refractivity contribution is 1.19. The van der Waals surface area contributed by atoms with Crippen LogP contribution in [0.25, 0.3) is 0 Å². The Morgan fingerprint density at radius 1 is 0.476 bits per heavy atom. The van der Waals surface area contributed by atoms with Crippen LogP contribution in [0.2, 0.25) is 10.3 Å². The molecular weight excluding hydrogens is 565 g/mol. The first-order valence-corrected chi connectivity index (χ1v) is 13.7. The molecule has 0 saturated carbocycles. The van der Waals surface area contributed by atoms with Crippen molar-refractivity contribution in [1.29, 1.82) is 0 Å². The van der Waals surface area contributed by atoms with Crippen molar-refractivity contribution in [2.45, 2.75) is 49.0 Å². The van der Waals surface area contributed by atoms with Crippen molar-refractivity contribution in [2.24, 2.45) is 0 Å². The van der Waals surface area contributed by atoms with E-state index in [0.29, 0.717) is 11.6 Å². The van der Waals surface area contributed by atoms with Crippen molar-refractivity contribution < 1.29 is 0 Å². The maximum atomic E-state index is 5.56. The molecule has 0 unspecified atom stereocenters. The van der Waals surface area contributed by atoms with Gasteiger partial charge in [-0.05, 0) is 111 Å². The third-order valence-electron chi connectivity index (χ3n) is 5.52. The maximum absolute atomic E-state index is 5.56. The van der Waals surface area contributed by atoms with Gasteiger partial charge in [0.05, 0.1) is 0 Å². The average Bonchev–Trinajstić information content (AvgIpc) is 2.86. The van der Waals surface area contributed by atoms with E-state index < -0.39 is 0 Å². The summed E-state index contributed by atoms with van der Waals surface area (Å²) in [5, 5.41) is 7.22. The lowest BCUT2D eigenvalue weighted by Gasteiger charge is -2.13. The largest absolute Gasteiger partial charge is 0.399 e. The van der Waals surface area contributed by atoms with E-state index in [0.717, 1.165) is 17.1 Å². The maximum Gasteiger partial charge on any atom is 0.173 e. The number of nitrogens with two attached hydrogens (primary N) is 1. The normalized spacial score (nSPS) is 9.81. The standard InChI is InChI=1S/C20H22N4.C8H11N.C4H2Cl2N2.CH4/c1-13-7-14(2)10-17(9-13)23-19-20(22-6-5-21-19)24-18-11-15(3)8-16(4)12-18;1-6-3-7(2)5-8(9)4-6;5-3-4(6)8-2-1-7-3;/h5-12H,1-4H3,(H,21,23)(H,22,24);3-5H,9H2,1-2H3;1-2H;1H4. The van der Waals surface area contributed by atoms with Crippen LogP contribution in [0.15, 0.2) is 79.4 Å². The zero-order chi connectivity index (χ0) is 29.9. The highest BCUT2D eigenvalue weighted by Crippen LogP contribution is 2.26. The number of hydrogen-bond acceptors (Lipinski definition) is 7. The molecule has 0 atom stereocenters. The molecule has 3 aromatic carbocycles. The van der Waals surface area contributed by atoms with Crippen molar-refractivity contribution >= 4 is 51.9 Å². The second-order valence-corrected chi connectivity index (χ2v) is 10.5. The van der Waals surface area contributed by atoms with E-state index in [2.05, 4.69) is 101 Å². The second-order valence-electron chi connectivity index (χ2n) is 9.82. The molecule has 0 saturated heterocycles. The highest BCUT2D eigenvalue weighted by atomic mass is 35.5. The number of aryl methyl sites for hydroxylation is 6. The molecular formula is C33H39Cl2N7. The molecule has 0 spiro atoms. The molecule has 0 aliphatic carbocycles. The van der Waals surface area contributed by atoms with Gasteiger partial charge in [0.1, 0.15) is 0 Å². The average molecular weight is 605 g/mol. The summed E-state index contributed by atoms with van der Waals surface area (Å²) >= 11 is 10.8. The summed E-state index contributed by atoms with van der Waals surface area (Å²) in [5.74, 6) is 1.42. The first-order valence-electron chi connectivity index (χ1n) is 13.0. The van der Waals surface area contributed by atoms with Gasteiger partial charge >= 0.3 is 0 Å². The van der Waals surface area contributed by atoms with Gasteiger partial charge in [-0.15, -0.1) is 0 Å². The number of anilines is 5. The van der Waals surface area contributed by atoms with Gasteiger partial charge in [0.15, 0.2) is 21.9 Å². The fraction of sp³-hybridized carbons (Fsp3) is 0.212. The number of benzene rings is 3. The van der Waals surface area contributed by atoms with Crippen LogP contribution >= 0.6 is 23.2 Å². The van der Waals surface area contributed by atoms with Crippen LogP contribution in [0.3, 0.4) is 0 Å². The number of halogens is 2. The Kier molecular flexibility index (Phi) is 13.2. The van der Waals surface area contributed by atoms with Gasteiger partial charge in [-0.25, -0.2) is 19.9 Å². The van der Waals surface area contributed by atoms with Crippen LogP contribution in [0.1, 0.15) is 40.8 Å². The first-order chi connectivity index (χ1) is 19.5. The lowest BCUT2D eigenvalue weighted by atomic mass is 10.1. The molecule has 5 aromatic rings. The zero-order valence-electron chi connectivity index (χ0n) is 24.1. The number of nitrogen functional groups attached to an aromatic ring is 1. The fourth-order valence-electron chi connectivity index (χ4n) is 4.20. The van der Waals surface area contributed by atoms with Crippen molar-refractivity contribution in [3.05, 3.63) is 123 Å². The van der Waals surface area contributed by atoms with Gasteiger partial charge in [-0.2, -0.15) is 0 Å². The quantitative estimate of drug-likeness (QED) is 0.176. The van der Waals surface area contributed by atoms with Crippen LogP contribution in [0.4, 0.5) is 28.7 Å². The van der Waals surface area contributed by atoms with Crippen molar-refractivity contribution in [1.82, 2.24) is 19.9 Å². The molecule has 0 bridgehead atoms. The van der Waals surface area contributed by atoms with Crippen molar-refractivity contribution in [2.75, 3.05) is 16.4 Å². The SMILES string of the molecule is C.Cc1cc(C)cc(N)c1.Cc1cc(C)cc(Nc2nccnc2Nc2cc(C)cc(C)c2)c1.Clc1nccnc1Cl. The Morgan fingerprint density at radius 3 is 1.05 bits per heavy atom. The molecule has 220 valence electrons.